The molecule has 2 aromatic rings. The lowest BCUT2D eigenvalue weighted by Crippen LogP contribution is -2.26. The fourth-order valence-corrected chi connectivity index (χ4v) is 3.98. The zero-order valence-electron chi connectivity index (χ0n) is 13.0. The van der Waals surface area contributed by atoms with Crippen molar-refractivity contribution >= 4 is 27.3 Å². The molecule has 2 aromatic heterocycles. The van der Waals surface area contributed by atoms with E-state index in [1.807, 2.05) is 11.3 Å². The molecule has 116 valence electrons. The van der Waals surface area contributed by atoms with Crippen molar-refractivity contribution in [2.24, 2.45) is 0 Å². The van der Waals surface area contributed by atoms with Crippen LogP contribution in [-0.4, -0.2) is 16.3 Å². The van der Waals surface area contributed by atoms with Crippen LogP contribution in [0.2, 0.25) is 0 Å². The monoisotopic (exact) mass is 369 g/mol. The van der Waals surface area contributed by atoms with Gasteiger partial charge in [0.1, 0.15) is 0 Å². The number of thiophene rings is 1. The molecule has 0 bridgehead atoms. The molecular weight excluding hydrogens is 346 g/mol. The van der Waals surface area contributed by atoms with Gasteiger partial charge in [0.2, 0.25) is 0 Å². The molecule has 0 spiro atoms. The van der Waals surface area contributed by atoms with Gasteiger partial charge < -0.3 is 5.32 Å². The molecule has 0 radical (unpaired) electrons. The minimum Gasteiger partial charge on any atom is -0.308 e. The van der Waals surface area contributed by atoms with E-state index in [1.165, 1.54) is 20.1 Å². The fraction of sp³-hybridized carbons (Fsp3) is 0.562. The second kappa shape index (κ2) is 8.11. The van der Waals surface area contributed by atoms with Crippen molar-refractivity contribution in [2.75, 3.05) is 6.54 Å². The molecule has 2 heterocycles. The smallest absolute Gasteiger partial charge is 0.0701 e. The third-order valence-electron chi connectivity index (χ3n) is 3.56. The molecular formula is C16H24BrN3S. The highest BCUT2D eigenvalue weighted by Gasteiger charge is 2.18. The zero-order chi connectivity index (χ0) is 15.2. The lowest BCUT2D eigenvalue weighted by molar-refractivity contribution is 0.480. The molecule has 1 unspecified atom stereocenters. The molecule has 0 saturated carbocycles. The Bertz CT molecular complexity index is 562. The fourth-order valence-electron chi connectivity index (χ4n) is 2.46. The molecule has 5 heteroatoms. The van der Waals surface area contributed by atoms with E-state index in [0.29, 0.717) is 6.04 Å². The van der Waals surface area contributed by atoms with E-state index < -0.39 is 0 Å². The summed E-state index contributed by atoms with van der Waals surface area (Å²) in [6.07, 6.45) is 3.15. The van der Waals surface area contributed by atoms with Gasteiger partial charge in [-0.05, 0) is 60.4 Å². The van der Waals surface area contributed by atoms with Crippen LogP contribution in [0, 0.1) is 0 Å². The molecule has 0 aliphatic carbocycles. The SMILES string of the molecule is CCCNC(Cc1ccc(Br)s1)c1cc(CC)nn1CC. The van der Waals surface area contributed by atoms with Crippen LogP contribution in [-0.2, 0) is 19.4 Å². The standard InChI is InChI=1S/C16H24BrN3S/c1-4-9-18-14(11-13-7-8-16(17)21-13)15-10-12(5-2)19-20(15)6-3/h7-8,10,14,18H,4-6,9,11H2,1-3H3. The summed E-state index contributed by atoms with van der Waals surface area (Å²) in [5.74, 6) is 0. The van der Waals surface area contributed by atoms with E-state index in [0.717, 1.165) is 32.4 Å². The topological polar surface area (TPSA) is 29.9 Å². The Balaban J connectivity index is 2.23. The summed E-state index contributed by atoms with van der Waals surface area (Å²) in [7, 11) is 0. The van der Waals surface area contributed by atoms with Gasteiger partial charge in [0, 0.05) is 17.8 Å². The molecule has 21 heavy (non-hydrogen) atoms. The normalized spacial score (nSPS) is 12.8. The maximum Gasteiger partial charge on any atom is 0.0701 e. The predicted octanol–water partition coefficient (Wildman–Crippen LogP) is 4.57. The summed E-state index contributed by atoms with van der Waals surface area (Å²) in [6, 6.07) is 6.94. The molecule has 2 rings (SSSR count). The van der Waals surface area contributed by atoms with Crippen LogP contribution in [0.5, 0.6) is 0 Å². The number of nitrogens with one attached hydrogen (secondary N) is 1. The number of nitrogens with zero attached hydrogens (tertiary/aromatic N) is 2. The van der Waals surface area contributed by atoms with Crippen LogP contribution < -0.4 is 5.32 Å². The highest BCUT2D eigenvalue weighted by Crippen LogP contribution is 2.27. The maximum absolute atomic E-state index is 4.69. The molecule has 1 atom stereocenters. The summed E-state index contributed by atoms with van der Waals surface area (Å²) in [5.41, 5.74) is 2.50. The number of halogens is 1. The van der Waals surface area contributed by atoms with Crippen molar-refractivity contribution in [1.82, 2.24) is 15.1 Å². The van der Waals surface area contributed by atoms with Gasteiger partial charge in [-0.25, -0.2) is 0 Å². The first-order chi connectivity index (χ1) is 10.2. The minimum atomic E-state index is 0.336. The summed E-state index contributed by atoms with van der Waals surface area (Å²) < 4.78 is 3.35. The lowest BCUT2D eigenvalue weighted by atomic mass is 10.1. The quantitative estimate of drug-likeness (QED) is 0.738. The Labute approximate surface area is 139 Å². The zero-order valence-corrected chi connectivity index (χ0v) is 15.4. The lowest BCUT2D eigenvalue weighted by Gasteiger charge is -2.19. The Morgan fingerprint density at radius 1 is 1.33 bits per heavy atom. The van der Waals surface area contributed by atoms with E-state index in [1.54, 1.807) is 0 Å². The summed E-state index contributed by atoms with van der Waals surface area (Å²) in [6.45, 7) is 8.49. The molecule has 0 amide bonds. The van der Waals surface area contributed by atoms with Gasteiger partial charge in [-0.1, -0.05) is 13.8 Å². The van der Waals surface area contributed by atoms with Crippen molar-refractivity contribution in [2.45, 2.75) is 52.6 Å². The van der Waals surface area contributed by atoms with Gasteiger partial charge in [-0.3, -0.25) is 4.68 Å². The molecule has 0 aromatic carbocycles. The van der Waals surface area contributed by atoms with Gasteiger partial charge in [0.05, 0.1) is 21.2 Å². The van der Waals surface area contributed by atoms with Crippen LogP contribution in [0.1, 0.15) is 49.5 Å². The van der Waals surface area contributed by atoms with Gasteiger partial charge in [-0.2, -0.15) is 5.10 Å². The van der Waals surface area contributed by atoms with E-state index in [-0.39, 0.29) is 0 Å². The van der Waals surface area contributed by atoms with Crippen LogP contribution in [0.15, 0.2) is 22.0 Å². The van der Waals surface area contributed by atoms with Gasteiger partial charge in [-0.15, -0.1) is 11.3 Å². The first kappa shape index (κ1) is 16.7. The van der Waals surface area contributed by atoms with Crippen LogP contribution >= 0.6 is 27.3 Å². The van der Waals surface area contributed by atoms with E-state index in [2.05, 4.69) is 64.9 Å². The average molecular weight is 370 g/mol. The van der Waals surface area contributed by atoms with Crippen LogP contribution in [0.3, 0.4) is 0 Å². The van der Waals surface area contributed by atoms with E-state index >= 15 is 0 Å². The summed E-state index contributed by atoms with van der Waals surface area (Å²) in [5, 5.41) is 8.38. The highest BCUT2D eigenvalue weighted by molar-refractivity contribution is 9.11. The highest BCUT2D eigenvalue weighted by atomic mass is 79.9. The number of rotatable bonds is 8. The second-order valence-corrected chi connectivity index (χ2v) is 7.69. The first-order valence-electron chi connectivity index (χ1n) is 7.72. The third kappa shape index (κ3) is 4.41. The largest absolute Gasteiger partial charge is 0.308 e. The molecule has 1 N–H and O–H groups in total. The predicted molar refractivity (Wildman–Crippen MR) is 94.0 cm³/mol. The van der Waals surface area contributed by atoms with Crippen LogP contribution in [0.4, 0.5) is 0 Å². The van der Waals surface area contributed by atoms with E-state index in [9.17, 15) is 0 Å². The Kier molecular flexibility index (Phi) is 6.45. The van der Waals surface area contributed by atoms with Crippen molar-refractivity contribution < 1.29 is 0 Å². The van der Waals surface area contributed by atoms with Gasteiger partial charge >= 0.3 is 0 Å². The first-order valence-corrected chi connectivity index (χ1v) is 9.33. The van der Waals surface area contributed by atoms with Crippen molar-refractivity contribution in [3.8, 4) is 0 Å². The number of hydrogen-bond acceptors (Lipinski definition) is 3. The Morgan fingerprint density at radius 2 is 2.14 bits per heavy atom. The summed E-state index contributed by atoms with van der Waals surface area (Å²) in [4.78, 5) is 1.40. The van der Waals surface area contributed by atoms with Crippen LogP contribution in [0.25, 0.3) is 0 Å². The number of aromatic nitrogens is 2. The van der Waals surface area contributed by atoms with Crippen molar-refractivity contribution in [1.29, 1.82) is 0 Å². The van der Waals surface area contributed by atoms with Gasteiger partial charge in [0.15, 0.2) is 0 Å². The average Bonchev–Trinajstić information content (AvgIpc) is 3.09. The van der Waals surface area contributed by atoms with E-state index in [4.69, 9.17) is 5.10 Å². The molecule has 0 fully saturated rings. The number of aryl methyl sites for hydroxylation is 2. The number of hydrogen-bond donors (Lipinski definition) is 1. The van der Waals surface area contributed by atoms with Crippen molar-refractivity contribution in [3.63, 3.8) is 0 Å². The summed E-state index contributed by atoms with van der Waals surface area (Å²) >= 11 is 5.37. The molecule has 0 aliphatic rings. The van der Waals surface area contributed by atoms with Gasteiger partial charge in [0.25, 0.3) is 0 Å². The molecule has 0 aliphatic heterocycles. The molecule has 0 saturated heterocycles. The Morgan fingerprint density at radius 3 is 2.71 bits per heavy atom. The van der Waals surface area contributed by atoms with Crippen molar-refractivity contribution in [3.05, 3.63) is 38.3 Å². The second-order valence-electron chi connectivity index (χ2n) is 5.15. The third-order valence-corrected chi connectivity index (χ3v) is 5.20. The molecule has 3 nitrogen and oxygen atoms in total. The minimum absolute atomic E-state index is 0.336. The Hall–Kier alpha value is -0.650. The maximum atomic E-state index is 4.69.